The van der Waals surface area contributed by atoms with E-state index in [0.29, 0.717) is 9.52 Å². The van der Waals surface area contributed by atoms with Gasteiger partial charge in [-0.1, -0.05) is 54.2 Å². The number of para-hydroxylation sites is 1. The van der Waals surface area contributed by atoms with Crippen molar-refractivity contribution in [2.75, 3.05) is 19.0 Å². The summed E-state index contributed by atoms with van der Waals surface area (Å²) < 4.78 is 6.29. The van der Waals surface area contributed by atoms with Crippen LogP contribution < -0.4 is 20.0 Å². The normalized spacial score (nSPS) is 11.2. The highest BCUT2D eigenvalue weighted by Crippen LogP contribution is 2.27. The lowest BCUT2D eigenvalue weighted by Crippen LogP contribution is -2.33. The zero-order valence-electron chi connectivity index (χ0n) is 14.7. The monoisotopic (exact) mass is 323 g/mol. The maximum atomic E-state index is 6.29. The van der Waals surface area contributed by atoms with Gasteiger partial charge in [0.2, 0.25) is 0 Å². The molecule has 0 fully saturated rings. The molecule has 23 heavy (non-hydrogen) atoms. The molecule has 3 heteroatoms. The molecule has 0 atom stereocenters. The molecular formula is C20H25NOSi. The van der Waals surface area contributed by atoms with E-state index in [1.165, 1.54) is 10.4 Å². The second-order valence-electron chi connectivity index (χ2n) is 6.71. The molecule has 0 heterocycles. The largest absolute Gasteiger partial charge is 0.486 e. The van der Waals surface area contributed by atoms with Gasteiger partial charge in [0.15, 0.2) is 0 Å². The van der Waals surface area contributed by atoms with Crippen LogP contribution in [0.5, 0.6) is 5.75 Å². The molecule has 0 amide bonds. The summed E-state index contributed by atoms with van der Waals surface area (Å²) in [5.41, 5.74) is 2.04. The first-order valence-electron chi connectivity index (χ1n) is 7.79. The van der Waals surface area contributed by atoms with Gasteiger partial charge >= 0.3 is 0 Å². The molecule has 2 nitrogen and oxygen atoms in total. The molecule has 0 aliphatic heterocycles. The van der Waals surface area contributed by atoms with Crippen molar-refractivity contribution in [3.8, 4) is 5.75 Å². The zero-order chi connectivity index (χ0) is 17.0. The molecule has 0 bridgehead atoms. The van der Waals surface area contributed by atoms with Gasteiger partial charge in [0.05, 0.1) is 5.69 Å². The predicted octanol–water partition coefficient (Wildman–Crippen LogP) is 3.23. The summed E-state index contributed by atoms with van der Waals surface area (Å²) in [7, 11) is 4.67. The predicted molar refractivity (Wildman–Crippen MR) is 103 cm³/mol. The molecule has 2 rings (SSSR count). The molecule has 0 saturated heterocycles. The van der Waals surface area contributed by atoms with E-state index in [1.54, 1.807) is 0 Å². The van der Waals surface area contributed by atoms with Gasteiger partial charge in [-0.2, -0.15) is 0 Å². The minimum absolute atomic E-state index is 0.224. The fourth-order valence-corrected chi connectivity index (χ4v) is 3.36. The van der Waals surface area contributed by atoms with Gasteiger partial charge in [-0.25, -0.2) is 0 Å². The van der Waals surface area contributed by atoms with E-state index in [9.17, 15) is 0 Å². The van der Waals surface area contributed by atoms with E-state index in [0.717, 1.165) is 17.0 Å². The topological polar surface area (TPSA) is 12.5 Å². The lowest BCUT2D eigenvalue weighted by Gasteiger charge is -2.27. The van der Waals surface area contributed by atoms with E-state index < -0.39 is 0 Å². The Morgan fingerprint density at radius 2 is 1.70 bits per heavy atom. The van der Waals surface area contributed by atoms with Gasteiger partial charge in [-0.3, -0.25) is 0 Å². The summed E-state index contributed by atoms with van der Waals surface area (Å²) in [5, 5.41) is 2.53. The molecule has 2 radical (unpaired) electrons. The van der Waals surface area contributed by atoms with Gasteiger partial charge in [0, 0.05) is 14.1 Å². The highest BCUT2D eigenvalue weighted by Gasteiger charge is 2.19. The van der Waals surface area contributed by atoms with Crippen LogP contribution in [-0.4, -0.2) is 29.2 Å². The number of benzene rings is 2. The maximum Gasteiger partial charge on any atom is 0.142 e. The number of rotatable bonds is 5. The van der Waals surface area contributed by atoms with Gasteiger partial charge in [0.1, 0.15) is 20.9 Å². The quantitative estimate of drug-likeness (QED) is 0.783. The average Bonchev–Trinajstić information content (AvgIpc) is 2.48. The van der Waals surface area contributed by atoms with Gasteiger partial charge < -0.3 is 9.64 Å². The van der Waals surface area contributed by atoms with Gasteiger partial charge in [0.25, 0.3) is 0 Å². The first kappa shape index (κ1) is 17.4. The summed E-state index contributed by atoms with van der Waals surface area (Å²) in [5.74, 6) is 0.983. The van der Waals surface area contributed by atoms with Crippen LogP contribution >= 0.6 is 0 Å². The molecule has 0 aliphatic rings. The molecular weight excluding hydrogens is 298 g/mol. The summed E-state index contributed by atoms with van der Waals surface area (Å²) >= 11 is 0. The number of ether oxygens (including phenoxy) is 1. The minimum Gasteiger partial charge on any atom is -0.486 e. The van der Waals surface area contributed by atoms with Crippen molar-refractivity contribution in [3.63, 3.8) is 0 Å². The SMILES string of the molecule is C=Cc1ccc([Si]c2cccc(N(C)C)c2OC(C)(C)C)cc1. The minimum atomic E-state index is -0.224. The van der Waals surface area contributed by atoms with Crippen molar-refractivity contribution in [3.05, 3.63) is 54.6 Å². The highest BCUT2D eigenvalue weighted by atomic mass is 28.2. The molecule has 120 valence electrons. The van der Waals surface area contributed by atoms with Crippen LogP contribution in [0.1, 0.15) is 26.3 Å². The Morgan fingerprint density at radius 1 is 1.04 bits per heavy atom. The van der Waals surface area contributed by atoms with Crippen LogP contribution in [0, 0.1) is 0 Å². The van der Waals surface area contributed by atoms with Crippen molar-refractivity contribution in [2.24, 2.45) is 0 Å². The first-order chi connectivity index (χ1) is 10.8. The Balaban J connectivity index is 2.39. The smallest absolute Gasteiger partial charge is 0.142 e. The Bertz CT molecular complexity index is 669. The molecule has 0 spiro atoms. The Labute approximate surface area is 142 Å². The van der Waals surface area contributed by atoms with Gasteiger partial charge in [-0.05, 0) is 37.6 Å². The first-order valence-corrected chi connectivity index (χ1v) is 8.79. The lowest BCUT2D eigenvalue weighted by molar-refractivity contribution is 0.133. The fraction of sp³-hybridized carbons (Fsp3) is 0.300. The van der Waals surface area contributed by atoms with E-state index in [1.807, 2.05) is 6.08 Å². The lowest BCUT2D eigenvalue weighted by atomic mass is 10.2. The van der Waals surface area contributed by atoms with Gasteiger partial charge in [-0.15, -0.1) is 0 Å². The Morgan fingerprint density at radius 3 is 2.22 bits per heavy atom. The van der Waals surface area contributed by atoms with Crippen LogP contribution in [0.3, 0.4) is 0 Å². The van der Waals surface area contributed by atoms with Crippen molar-refractivity contribution in [2.45, 2.75) is 26.4 Å². The molecule has 0 unspecified atom stereocenters. The third-order valence-corrected chi connectivity index (χ3v) is 4.59. The van der Waals surface area contributed by atoms with Crippen molar-refractivity contribution < 1.29 is 4.74 Å². The third-order valence-electron chi connectivity index (χ3n) is 3.31. The number of nitrogens with zero attached hydrogens (tertiary/aromatic N) is 1. The van der Waals surface area contributed by atoms with E-state index in [-0.39, 0.29) is 5.60 Å². The summed E-state index contributed by atoms with van der Waals surface area (Å²) in [6.45, 7) is 10.1. The molecule has 0 saturated carbocycles. The maximum absolute atomic E-state index is 6.29. The van der Waals surface area contributed by atoms with Crippen molar-refractivity contribution in [1.82, 2.24) is 0 Å². The van der Waals surface area contributed by atoms with Crippen LogP contribution in [-0.2, 0) is 0 Å². The van der Waals surface area contributed by atoms with Crippen LogP contribution in [0.25, 0.3) is 6.08 Å². The Kier molecular flexibility index (Phi) is 5.32. The summed E-state index contributed by atoms with van der Waals surface area (Å²) in [4.78, 5) is 2.11. The second-order valence-corrected chi connectivity index (χ2v) is 8.08. The standard InChI is InChI=1S/C20H25NOSi/c1-7-15-11-13-16(14-12-15)23-18-10-8-9-17(21(5)6)19(18)22-20(2,3)4/h7-14H,1H2,2-6H3. The van der Waals surface area contributed by atoms with Crippen LogP contribution in [0.2, 0.25) is 0 Å². The number of hydrogen-bond acceptors (Lipinski definition) is 2. The molecule has 2 aromatic rings. The molecule has 0 aromatic heterocycles. The van der Waals surface area contributed by atoms with Crippen molar-refractivity contribution in [1.29, 1.82) is 0 Å². The van der Waals surface area contributed by atoms with Crippen molar-refractivity contribution >= 4 is 31.7 Å². The fourth-order valence-electron chi connectivity index (χ4n) is 2.25. The summed E-state index contributed by atoms with van der Waals surface area (Å²) in [6, 6.07) is 14.9. The van der Waals surface area contributed by atoms with E-state index >= 15 is 0 Å². The number of hydrogen-bond donors (Lipinski definition) is 0. The zero-order valence-corrected chi connectivity index (χ0v) is 15.7. The second kappa shape index (κ2) is 7.05. The highest BCUT2D eigenvalue weighted by molar-refractivity contribution is 6.68. The van der Waals surface area contributed by atoms with E-state index in [2.05, 4.69) is 88.8 Å². The molecule has 0 aliphatic carbocycles. The number of anilines is 1. The van der Waals surface area contributed by atoms with Crippen LogP contribution in [0.4, 0.5) is 5.69 Å². The van der Waals surface area contributed by atoms with E-state index in [4.69, 9.17) is 4.74 Å². The molecule has 2 aromatic carbocycles. The molecule has 0 N–H and O–H groups in total. The summed E-state index contributed by atoms with van der Waals surface area (Å²) in [6.07, 6.45) is 1.87. The Hall–Kier alpha value is -2.00. The average molecular weight is 324 g/mol. The third kappa shape index (κ3) is 4.73. The van der Waals surface area contributed by atoms with Crippen LogP contribution in [0.15, 0.2) is 49.0 Å².